The highest BCUT2D eigenvalue weighted by molar-refractivity contribution is 5.66. The lowest BCUT2D eigenvalue weighted by molar-refractivity contribution is -0.147. The minimum Gasteiger partial charge on any atom is -0.481 e. The summed E-state index contributed by atoms with van der Waals surface area (Å²) < 4.78 is 18.1. The molecular weight excluding hydrogens is 456 g/mol. The Morgan fingerprint density at radius 2 is 1.92 bits per heavy atom. The molecule has 1 saturated carbocycles. The normalized spacial score (nSPS) is 24.2. The van der Waals surface area contributed by atoms with Gasteiger partial charge >= 0.3 is 5.97 Å². The van der Waals surface area contributed by atoms with Crippen LogP contribution in [0.25, 0.3) is 0 Å². The third-order valence-corrected chi connectivity index (χ3v) is 6.55. The predicted octanol–water partition coefficient (Wildman–Crippen LogP) is 5.93. The van der Waals surface area contributed by atoms with Gasteiger partial charge in [0.05, 0.1) is 24.4 Å². The van der Waals surface area contributed by atoms with Crippen LogP contribution >= 0.6 is 0 Å². The van der Waals surface area contributed by atoms with Gasteiger partial charge in [-0.25, -0.2) is 0 Å². The molecule has 0 aliphatic heterocycles. The molecule has 0 bridgehead atoms. The summed E-state index contributed by atoms with van der Waals surface area (Å²) in [6.45, 7) is 8.53. The predicted molar refractivity (Wildman–Crippen MR) is 143 cm³/mol. The molecule has 0 saturated heterocycles. The quantitative estimate of drug-likeness (QED) is 0.156. The van der Waals surface area contributed by atoms with Crippen LogP contribution in [0.15, 0.2) is 54.6 Å². The maximum atomic E-state index is 10.9. The second-order valence-electron chi connectivity index (χ2n) is 9.87. The fraction of sp³-hybridized carbons (Fsp3) is 0.633. The van der Waals surface area contributed by atoms with Crippen LogP contribution in [-0.2, 0) is 25.4 Å². The molecule has 1 aliphatic rings. The number of aliphatic carboxylic acids is 1. The van der Waals surface area contributed by atoms with Crippen LogP contribution < -0.4 is 0 Å². The zero-order valence-corrected chi connectivity index (χ0v) is 22.4. The number of aliphatic hydroxyl groups excluding tert-OH is 1. The molecule has 0 amide bonds. The van der Waals surface area contributed by atoms with Crippen molar-refractivity contribution in [2.75, 3.05) is 6.61 Å². The molecule has 6 heteroatoms. The standard InChI is InChI=1S/C30H46O6/c1-5-34-23(4)36-25(18-17-24-13-9-8-10-14-24)19-20-27-26(15-11-6-7-12-16-30(32)33)28(31)21-29(27)35-22(2)3/h6,8-11,13-14,19-20,22-23,25-29,31H,5,7,12,15-18,21H2,1-4H3,(H,32,33)/b11-6-,20-19+/t23?,25-,26+,27+,28-,29+/m0/s1. The molecular formula is C30H46O6. The van der Waals surface area contributed by atoms with Crippen molar-refractivity contribution in [1.82, 2.24) is 0 Å². The van der Waals surface area contributed by atoms with Crippen molar-refractivity contribution in [3.63, 3.8) is 0 Å². The lowest BCUT2D eigenvalue weighted by Gasteiger charge is -2.25. The number of carbonyl (C=O) groups is 1. The Morgan fingerprint density at radius 3 is 2.58 bits per heavy atom. The van der Waals surface area contributed by atoms with Crippen LogP contribution in [0.1, 0.15) is 71.8 Å². The number of benzene rings is 1. The largest absolute Gasteiger partial charge is 0.481 e. The Bertz CT molecular complexity index is 790. The zero-order chi connectivity index (χ0) is 26.3. The molecule has 6 nitrogen and oxygen atoms in total. The zero-order valence-electron chi connectivity index (χ0n) is 22.4. The Balaban J connectivity index is 2.11. The average molecular weight is 503 g/mol. The molecule has 202 valence electrons. The van der Waals surface area contributed by atoms with E-state index in [1.54, 1.807) is 0 Å². The van der Waals surface area contributed by atoms with E-state index < -0.39 is 12.1 Å². The Hall–Kier alpha value is -1.99. The molecule has 1 aromatic rings. The van der Waals surface area contributed by atoms with Gasteiger partial charge in [-0.15, -0.1) is 0 Å². The number of aryl methyl sites for hydroxylation is 1. The lowest BCUT2D eigenvalue weighted by atomic mass is 9.89. The summed E-state index contributed by atoms with van der Waals surface area (Å²) in [6.07, 6.45) is 12.2. The molecule has 6 atom stereocenters. The van der Waals surface area contributed by atoms with Gasteiger partial charge in [-0.3, -0.25) is 4.79 Å². The molecule has 0 heterocycles. The number of hydrogen-bond donors (Lipinski definition) is 2. The third-order valence-electron chi connectivity index (χ3n) is 6.55. The first-order chi connectivity index (χ1) is 17.3. The smallest absolute Gasteiger partial charge is 0.303 e. The topological polar surface area (TPSA) is 85.2 Å². The molecule has 0 spiro atoms. The lowest BCUT2D eigenvalue weighted by Crippen LogP contribution is -2.26. The molecule has 1 fully saturated rings. The van der Waals surface area contributed by atoms with E-state index in [9.17, 15) is 9.90 Å². The molecule has 0 radical (unpaired) electrons. The highest BCUT2D eigenvalue weighted by Crippen LogP contribution is 2.39. The second kappa shape index (κ2) is 16.7. The van der Waals surface area contributed by atoms with E-state index >= 15 is 0 Å². The third kappa shape index (κ3) is 11.4. The molecule has 1 aliphatic carbocycles. The summed E-state index contributed by atoms with van der Waals surface area (Å²) in [5.74, 6) is -0.660. The number of aliphatic hydroxyl groups is 1. The highest BCUT2D eigenvalue weighted by atomic mass is 16.7. The van der Waals surface area contributed by atoms with Crippen LogP contribution in [0.5, 0.6) is 0 Å². The van der Waals surface area contributed by atoms with Gasteiger partial charge in [0.25, 0.3) is 0 Å². The molecule has 2 rings (SSSR count). The Labute approximate surface area is 217 Å². The first kappa shape index (κ1) is 30.2. The van der Waals surface area contributed by atoms with E-state index in [1.807, 2.05) is 39.8 Å². The number of hydrogen-bond acceptors (Lipinski definition) is 5. The molecule has 0 aromatic heterocycles. The van der Waals surface area contributed by atoms with Crippen LogP contribution in [0, 0.1) is 11.8 Å². The minimum atomic E-state index is -0.767. The number of rotatable bonds is 17. The summed E-state index contributed by atoms with van der Waals surface area (Å²) in [7, 11) is 0. The molecule has 36 heavy (non-hydrogen) atoms. The monoisotopic (exact) mass is 502 g/mol. The number of carboxylic acids is 1. The summed E-state index contributed by atoms with van der Waals surface area (Å²) in [6, 6.07) is 10.4. The maximum absolute atomic E-state index is 10.9. The van der Waals surface area contributed by atoms with Gasteiger partial charge in [-0.2, -0.15) is 0 Å². The van der Waals surface area contributed by atoms with Crippen molar-refractivity contribution in [3.05, 3.63) is 60.2 Å². The highest BCUT2D eigenvalue weighted by Gasteiger charge is 2.41. The fourth-order valence-electron chi connectivity index (χ4n) is 4.86. The van der Waals surface area contributed by atoms with E-state index in [4.69, 9.17) is 19.3 Å². The summed E-state index contributed by atoms with van der Waals surface area (Å²) in [4.78, 5) is 10.7. The van der Waals surface area contributed by atoms with E-state index in [2.05, 4.69) is 42.5 Å². The minimum absolute atomic E-state index is 0.0415. The fourth-order valence-corrected chi connectivity index (χ4v) is 4.86. The van der Waals surface area contributed by atoms with Crippen molar-refractivity contribution >= 4 is 5.97 Å². The van der Waals surface area contributed by atoms with Crippen molar-refractivity contribution in [3.8, 4) is 0 Å². The SMILES string of the molecule is CCOC(C)O[C@H](/C=C/[C@@H]1[C@@H](C/C=C\CCCC(=O)O)[C@@H](O)C[C@H]1OC(C)C)CCc1ccccc1. The average Bonchev–Trinajstić information content (AvgIpc) is 3.11. The van der Waals surface area contributed by atoms with E-state index in [0.717, 1.165) is 25.7 Å². The van der Waals surface area contributed by atoms with Gasteiger partial charge in [0, 0.05) is 25.4 Å². The molecule has 1 aromatic carbocycles. The van der Waals surface area contributed by atoms with Crippen LogP contribution in [0.3, 0.4) is 0 Å². The van der Waals surface area contributed by atoms with E-state index in [-0.39, 0.29) is 42.9 Å². The Kier molecular flexibility index (Phi) is 14.0. The van der Waals surface area contributed by atoms with Crippen molar-refractivity contribution in [2.45, 2.75) is 103 Å². The van der Waals surface area contributed by atoms with Crippen LogP contribution in [0.2, 0.25) is 0 Å². The number of allylic oxidation sites excluding steroid dienone is 2. The van der Waals surface area contributed by atoms with Gasteiger partial charge in [0.1, 0.15) is 0 Å². The van der Waals surface area contributed by atoms with E-state index in [1.165, 1.54) is 5.56 Å². The van der Waals surface area contributed by atoms with Gasteiger partial charge in [0.15, 0.2) is 6.29 Å². The van der Waals surface area contributed by atoms with Crippen molar-refractivity contribution in [1.29, 1.82) is 0 Å². The van der Waals surface area contributed by atoms with Crippen LogP contribution in [0.4, 0.5) is 0 Å². The molecule has 1 unspecified atom stereocenters. The number of ether oxygens (including phenoxy) is 3. The van der Waals surface area contributed by atoms with Gasteiger partial charge in [0.2, 0.25) is 0 Å². The van der Waals surface area contributed by atoms with Gasteiger partial charge < -0.3 is 24.4 Å². The summed E-state index contributed by atoms with van der Waals surface area (Å²) in [5.41, 5.74) is 1.27. The first-order valence-electron chi connectivity index (χ1n) is 13.5. The van der Waals surface area contributed by atoms with E-state index in [0.29, 0.717) is 19.4 Å². The first-order valence-corrected chi connectivity index (χ1v) is 13.5. The van der Waals surface area contributed by atoms with Crippen molar-refractivity contribution in [2.24, 2.45) is 11.8 Å². The van der Waals surface area contributed by atoms with Crippen LogP contribution in [-0.4, -0.2) is 53.5 Å². The second-order valence-corrected chi connectivity index (χ2v) is 9.87. The molecule has 2 N–H and O–H groups in total. The summed E-state index contributed by atoms with van der Waals surface area (Å²) >= 11 is 0. The van der Waals surface area contributed by atoms with Gasteiger partial charge in [-0.1, -0.05) is 54.6 Å². The number of unbranched alkanes of at least 4 members (excludes halogenated alkanes) is 1. The Morgan fingerprint density at radius 1 is 1.17 bits per heavy atom. The summed E-state index contributed by atoms with van der Waals surface area (Å²) in [5, 5.41) is 19.7. The van der Waals surface area contributed by atoms with Gasteiger partial charge in [-0.05, 0) is 71.3 Å². The maximum Gasteiger partial charge on any atom is 0.303 e. The van der Waals surface area contributed by atoms with Crippen molar-refractivity contribution < 1.29 is 29.2 Å². The number of carboxylic acid groups (broad SMARTS) is 1.